The molecular weight excluding hydrogens is 332 g/mol. The van der Waals surface area contributed by atoms with Crippen molar-refractivity contribution in [1.29, 1.82) is 0 Å². The number of nitrogens with one attached hydrogen (secondary N) is 1. The van der Waals surface area contributed by atoms with E-state index >= 15 is 0 Å². The van der Waals surface area contributed by atoms with Crippen LogP contribution < -0.4 is 15.0 Å². The van der Waals surface area contributed by atoms with Crippen LogP contribution in [0.4, 0.5) is 11.4 Å². The van der Waals surface area contributed by atoms with Crippen LogP contribution in [0.15, 0.2) is 53.4 Å². The minimum atomic E-state index is 0.0773. The van der Waals surface area contributed by atoms with Gasteiger partial charge in [-0.3, -0.25) is 4.79 Å². The number of para-hydroxylation sites is 3. The Bertz CT molecular complexity index is 735. The molecule has 1 heterocycles. The van der Waals surface area contributed by atoms with E-state index in [9.17, 15) is 4.79 Å². The quantitative estimate of drug-likeness (QED) is 0.861. The molecule has 1 aliphatic heterocycles. The van der Waals surface area contributed by atoms with Gasteiger partial charge in [-0.05, 0) is 37.6 Å². The Morgan fingerprint density at radius 1 is 1.24 bits per heavy atom. The highest BCUT2D eigenvalue weighted by Gasteiger charge is 2.23. The fraction of sp³-hybridized carbons (Fsp3) is 0.350. The number of carbonyl (C=O) groups is 1. The van der Waals surface area contributed by atoms with Crippen molar-refractivity contribution in [3.63, 3.8) is 0 Å². The molecule has 0 spiro atoms. The van der Waals surface area contributed by atoms with E-state index < -0.39 is 0 Å². The predicted octanol–water partition coefficient (Wildman–Crippen LogP) is 4.41. The Labute approximate surface area is 153 Å². The molecule has 132 valence electrons. The summed E-state index contributed by atoms with van der Waals surface area (Å²) in [5, 5.41) is 3.74. The van der Waals surface area contributed by atoms with Crippen molar-refractivity contribution in [1.82, 2.24) is 0 Å². The number of anilines is 2. The summed E-state index contributed by atoms with van der Waals surface area (Å²) >= 11 is 1.84. The van der Waals surface area contributed by atoms with Crippen molar-refractivity contribution in [2.45, 2.75) is 30.4 Å². The van der Waals surface area contributed by atoms with Crippen LogP contribution in [0.3, 0.4) is 0 Å². The molecule has 3 rings (SSSR count). The topological polar surface area (TPSA) is 41.6 Å². The summed E-state index contributed by atoms with van der Waals surface area (Å²) in [7, 11) is 0. The summed E-state index contributed by atoms with van der Waals surface area (Å²) in [4.78, 5) is 16.0. The molecule has 1 atom stereocenters. The monoisotopic (exact) mass is 356 g/mol. The first-order valence-corrected chi connectivity index (χ1v) is 9.58. The number of hydrogen-bond donors (Lipinski definition) is 1. The molecule has 1 aliphatic rings. The van der Waals surface area contributed by atoms with Crippen LogP contribution in [0.2, 0.25) is 0 Å². The van der Waals surface area contributed by atoms with Crippen molar-refractivity contribution < 1.29 is 9.53 Å². The molecule has 0 fully saturated rings. The van der Waals surface area contributed by atoms with Gasteiger partial charge in [0.15, 0.2) is 0 Å². The second-order valence-corrected chi connectivity index (χ2v) is 7.49. The molecule has 0 aromatic heterocycles. The van der Waals surface area contributed by atoms with Crippen molar-refractivity contribution in [3.8, 4) is 5.75 Å². The molecule has 25 heavy (non-hydrogen) atoms. The fourth-order valence-corrected chi connectivity index (χ4v) is 4.02. The van der Waals surface area contributed by atoms with Gasteiger partial charge in [0.2, 0.25) is 5.91 Å². The lowest BCUT2D eigenvalue weighted by Gasteiger charge is -2.23. The lowest BCUT2D eigenvalue weighted by atomic mass is 10.2. The zero-order valence-corrected chi connectivity index (χ0v) is 15.5. The SMILES string of the molecule is CCOc1ccccc1NCC(=O)N1CC[C@H](C)Sc2ccccc21. The number of ether oxygens (including phenoxy) is 1. The Kier molecular flexibility index (Phi) is 5.87. The molecule has 1 N–H and O–H groups in total. The maximum absolute atomic E-state index is 12.9. The first-order chi connectivity index (χ1) is 12.2. The Morgan fingerprint density at radius 2 is 2.00 bits per heavy atom. The van der Waals surface area contributed by atoms with E-state index in [2.05, 4.69) is 18.3 Å². The van der Waals surface area contributed by atoms with Crippen LogP contribution >= 0.6 is 11.8 Å². The van der Waals surface area contributed by atoms with E-state index in [4.69, 9.17) is 4.74 Å². The average Bonchev–Trinajstić information content (AvgIpc) is 2.79. The number of nitrogens with zero attached hydrogens (tertiary/aromatic N) is 1. The zero-order chi connectivity index (χ0) is 17.6. The zero-order valence-electron chi connectivity index (χ0n) is 14.7. The maximum Gasteiger partial charge on any atom is 0.246 e. The molecule has 5 heteroatoms. The molecule has 0 saturated carbocycles. The van der Waals surface area contributed by atoms with Gasteiger partial charge < -0.3 is 15.0 Å². The predicted molar refractivity (Wildman–Crippen MR) is 105 cm³/mol. The lowest BCUT2D eigenvalue weighted by Crippen LogP contribution is -2.36. The standard InChI is InChI=1S/C20H24N2O2S/c1-3-24-18-10-6-4-8-16(18)21-14-20(23)22-13-12-15(2)25-19-11-7-5-9-17(19)22/h4-11,15,21H,3,12-14H2,1-2H3/t15-/m0/s1. The molecule has 2 aromatic carbocycles. The second kappa shape index (κ2) is 8.30. The van der Waals surface area contributed by atoms with E-state index in [0.717, 1.165) is 30.1 Å². The minimum absolute atomic E-state index is 0.0773. The van der Waals surface area contributed by atoms with Crippen molar-refractivity contribution >= 4 is 29.0 Å². The Hall–Kier alpha value is -2.14. The number of amides is 1. The summed E-state index contributed by atoms with van der Waals surface area (Å²) in [6.45, 7) is 5.76. The molecule has 0 radical (unpaired) electrons. The van der Waals surface area contributed by atoms with Crippen molar-refractivity contribution in [2.75, 3.05) is 29.9 Å². The molecule has 0 aliphatic carbocycles. The highest BCUT2D eigenvalue weighted by Crippen LogP contribution is 2.37. The third-order valence-corrected chi connectivity index (χ3v) is 5.40. The van der Waals surface area contributed by atoms with Crippen LogP contribution in [0.5, 0.6) is 5.75 Å². The average molecular weight is 356 g/mol. The highest BCUT2D eigenvalue weighted by molar-refractivity contribution is 8.00. The van der Waals surface area contributed by atoms with Gasteiger partial charge in [0, 0.05) is 16.7 Å². The van der Waals surface area contributed by atoms with Crippen molar-refractivity contribution in [3.05, 3.63) is 48.5 Å². The van der Waals surface area contributed by atoms with Gasteiger partial charge in [-0.15, -0.1) is 11.8 Å². The largest absolute Gasteiger partial charge is 0.492 e. The van der Waals surface area contributed by atoms with Crippen LogP contribution in [-0.4, -0.2) is 30.9 Å². The molecule has 0 bridgehead atoms. The minimum Gasteiger partial charge on any atom is -0.492 e. The van der Waals surface area contributed by atoms with Gasteiger partial charge in [-0.2, -0.15) is 0 Å². The number of benzene rings is 2. The lowest BCUT2D eigenvalue weighted by molar-refractivity contribution is -0.117. The molecule has 0 unspecified atom stereocenters. The van der Waals surface area contributed by atoms with E-state index in [1.807, 2.05) is 66.1 Å². The highest BCUT2D eigenvalue weighted by atomic mass is 32.2. The van der Waals surface area contributed by atoms with E-state index in [0.29, 0.717) is 11.9 Å². The summed E-state index contributed by atoms with van der Waals surface area (Å²) in [5.74, 6) is 0.853. The molecule has 4 nitrogen and oxygen atoms in total. The van der Waals surface area contributed by atoms with Gasteiger partial charge in [-0.25, -0.2) is 0 Å². The van der Waals surface area contributed by atoms with Crippen LogP contribution in [0.25, 0.3) is 0 Å². The Balaban J connectivity index is 1.73. The number of carbonyl (C=O) groups excluding carboxylic acids is 1. The van der Waals surface area contributed by atoms with Gasteiger partial charge in [-0.1, -0.05) is 31.2 Å². The summed E-state index contributed by atoms with van der Waals surface area (Å²) in [6, 6.07) is 15.9. The van der Waals surface area contributed by atoms with E-state index in [1.54, 1.807) is 0 Å². The van der Waals surface area contributed by atoms with Crippen LogP contribution in [0, 0.1) is 0 Å². The van der Waals surface area contributed by atoms with Crippen LogP contribution in [0.1, 0.15) is 20.3 Å². The normalized spacial score (nSPS) is 16.7. The van der Waals surface area contributed by atoms with Crippen molar-refractivity contribution in [2.24, 2.45) is 0 Å². The fourth-order valence-electron chi connectivity index (χ4n) is 2.91. The third kappa shape index (κ3) is 4.28. The Morgan fingerprint density at radius 3 is 2.84 bits per heavy atom. The number of thioether (sulfide) groups is 1. The number of hydrogen-bond acceptors (Lipinski definition) is 4. The summed E-state index contributed by atoms with van der Waals surface area (Å²) < 4.78 is 5.61. The first kappa shape index (κ1) is 17.7. The third-order valence-electron chi connectivity index (χ3n) is 4.16. The number of rotatable bonds is 5. The van der Waals surface area contributed by atoms with Crippen LogP contribution in [-0.2, 0) is 4.79 Å². The van der Waals surface area contributed by atoms with Gasteiger partial charge in [0.25, 0.3) is 0 Å². The molecular formula is C20H24N2O2S. The first-order valence-electron chi connectivity index (χ1n) is 8.70. The van der Waals surface area contributed by atoms with E-state index in [1.165, 1.54) is 4.90 Å². The molecule has 0 saturated heterocycles. The smallest absolute Gasteiger partial charge is 0.246 e. The molecule has 2 aromatic rings. The van der Waals surface area contributed by atoms with E-state index in [-0.39, 0.29) is 12.5 Å². The van der Waals surface area contributed by atoms with Gasteiger partial charge in [0.05, 0.1) is 24.5 Å². The maximum atomic E-state index is 12.9. The second-order valence-electron chi connectivity index (χ2n) is 6.01. The van der Waals surface area contributed by atoms with Gasteiger partial charge >= 0.3 is 0 Å². The summed E-state index contributed by atoms with van der Waals surface area (Å²) in [5.41, 5.74) is 1.87. The molecule has 1 amide bonds. The number of fused-ring (bicyclic) bond motifs is 1. The summed E-state index contributed by atoms with van der Waals surface area (Å²) in [6.07, 6.45) is 0.987. The van der Waals surface area contributed by atoms with Gasteiger partial charge in [0.1, 0.15) is 5.75 Å².